The highest BCUT2D eigenvalue weighted by Crippen LogP contribution is 2.75. The van der Waals surface area contributed by atoms with Gasteiger partial charge >= 0.3 is 21.7 Å². The highest BCUT2D eigenvalue weighted by molar-refractivity contribution is 7.87. The molecule has 2 bridgehead atoms. The van der Waals surface area contributed by atoms with Crippen LogP contribution < -0.4 is 0 Å². The molecule has 8 nitrogen and oxygen atoms in total. The second kappa shape index (κ2) is 7.09. The lowest BCUT2D eigenvalue weighted by Crippen LogP contribution is -2.58. The van der Waals surface area contributed by atoms with Crippen molar-refractivity contribution in [2.45, 2.75) is 69.9 Å². The molecule has 0 aromatic rings. The zero-order valence-electron chi connectivity index (χ0n) is 19.1. The molecule has 1 aliphatic carbocycles. The third-order valence-electron chi connectivity index (χ3n) is 7.26. The molecule has 5 atom stereocenters. The number of nitrogens with zero attached hydrogens (tertiary/aromatic N) is 1. The van der Waals surface area contributed by atoms with Gasteiger partial charge in [-0.2, -0.15) is 21.6 Å². The van der Waals surface area contributed by atoms with E-state index in [4.69, 9.17) is 13.7 Å². The minimum atomic E-state index is -6.01. The smallest absolute Gasteiger partial charge is 0.443 e. The van der Waals surface area contributed by atoms with E-state index in [1.54, 1.807) is 27.7 Å². The first-order valence-electron chi connectivity index (χ1n) is 10.7. The molecule has 1 unspecified atom stereocenters. The summed E-state index contributed by atoms with van der Waals surface area (Å²) in [5.41, 5.74) is -11.2. The Hall–Kier alpha value is -2.34. The molecule has 0 saturated carbocycles. The first-order valence-corrected chi connectivity index (χ1v) is 12.2. The molecule has 2 amide bonds. The number of fused-ring (bicyclic) bond motifs is 2. The van der Waals surface area contributed by atoms with Gasteiger partial charge in [-0.15, -0.1) is 6.58 Å². The van der Waals surface area contributed by atoms with Crippen molar-refractivity contribution in [2.75, 3.05) is 0 Å². The second-order valence-electron chi connectivity index (χ2n) is 10.1. The number of rotatable bonds is 4. The molecule has 1 spiro atoms. The van der Waals surface area contributed by atoms with Crippen molar-refractivity contribution in [3.05, 3.63) is 36.6 Å². The zero-order valence-corrected chi connectivity index (χ0v) is 20.0. The van der Waals surface area contributed by atoms with Crippen LogP contribution in [-0.2, 0) is 28.6 Å². The van der Waals surface area contributed by atoms with Crippen molar-refractivity contribution >= 4 is 22.1 Å². The van der Waals surface area contributed by atoms with Gasteiger partial charge in [-0.3, -0.25) is 4.79 Å². The number of hydrogen-bond acceptors (Lipinski definition) is 7. The highest BCUT2D eigenvalue weighted by atomic mass is 32.2. The maximum atomic E-state index is 13.6. The summed E-state index contributed by atoms with van der Waals surface area (Å²) in [6, 6.07) is 0. The van der Waals surface area contributed by atoms with E-state index >= 15 is 0 Å². The molecule has 0 radical (unpaired) electrons. The van der Waals surface area contributed by atoms with E-state index in [-0.39, 0.29) is 19.3 Å². The standard InChI is InChI=1S/C22H26F3NO7S/c1-6-11-20-14-10-12-21(31-14)19(20,5)13(16(27)26(21)17(28)32-18(2,3)4)8-7-9-15(20)33-34(29,30)22(23,24)25/h6,9-10,12-14H,1,7-8,11H2,2-5H3/t13-,14?,19-,20+,21+/m0/s1. The molecule has 4 rings (SSSR count). The van der Waals surface area contributed by atoms with Crippen molar-refractivity contribution in [3.63, 3.8) is 0 Å². The predicted octanol–water partition coefficient (Wildman–Crippen LogP) is 4.16. The van der Waals surface area contributed by atoms with E-state index in [1.807, 2.05) is 0 Å². The summed E-state index contributed by atoms with van der Waals surface area (Å²) in [4.78, 5) is 27.7. The molecule has 0 aromatic heterocycles. The van der Waals surface area contributed by atoms with Crippen LogP contribution in [0.2, 0.25) is 0 Å². The van der Waals surface area contributed by atoms with E-state index in [9.17, 15) is 31.2 Å². The monoisotopic (exact) mass is 505 g/mol. The van der Waals surface area contributed by atoms with Crippen LogP contribution in [0.15, 0.2) is 36.6 Å². The molecule has 3 heterocycles. The summed E-state index contributed by atoms with van der Waals surface area (Å²) in [6.07, 6.45) is 3.92. The maximum absolute atomic E-state index is 13.6. The Labute approximate surface area is 195 Å². The van der Waals surface area contributed by atoms with Gasteiger partial charge in [0.15, 0.2) is 5.72 Å². The Kier molecular flexibility index (Phi) is 5.17. The number of carbonyl (C=O) groups is 2. The number of carbonyl (C=O) groups excluding carboxylic acids is 2. The van der Waals surface area contributed by atoms with Crippen LogP contribution in [-0.4, -0.2) is 48.3 Å². The number of alkyl halides is 3. The van der Waals surface area contributed by atoms with E-state index in [2.05, 4.69) is 6.58 Å². The van der Waals surface area contributed by atoms with Crippen LogP contribution in [0.5, 0.6) is 0 Å². The van der Waals surface area contributed by atoms with Crippen LogP contribution in [0.4, 0.5) is 18.0 Å². The first-order chi connectivity index (χ1) is 15.5. The Morgan fingerprint density at radius 1 is 1.35 bits per heavy atom. The first kappa shape index (κ1) is 24.8. The van der Waals surface area contributed by atoms with Crippen molar-refractivity contribution in [2.24, 2.45) is 16.7 Å². The molecule has 0 N–H and O–H groups in total. The van der Waals surface area contributed by atoms with Crippen molar-refractivity contribution in [1.29, 1.82) is 0 Å². The van der Waals surface area contributed by atoms with Crippen LogP contribution in [0.3, 0.4) is 0 Å². The van der Waals surface area contributed by atoms with Crippen LogP contribution in [0.1, 0.15) is 47.0 Å². The van der Waals surface area contributed by atoms with Gasteiger partial charge in [0.2, 0.25) is 5.91 Å². The minimum Gasteiger partial charge on any atom is -0.443 e. The van der Waals surface area contributed by atoms with Gasteiger partial charge in [0.1, 0.15) is 11.4 Å². The zero-order chi connectivity index (χ0) is 25.5. The Morgan fingerprint density at radius 3 is 2.56 bits per heavy atom. The Balaban J connectivity index is 1.91. The van der Waals surface area contributed by atoms with Crippen molar-refractivity contribution in [1.82, 2.24) is 4.90 Å². The van der Waals surface area contributed by atoms with E-state index in [1.165, 1.54) is 24.3 Å². The molecular formula is C22H26F3NO7S. The molecule has 0 aromatic carbocycles. The lowest BCUT2D eigenvalue weighted by atomic mass is 9.51. The number of hydrogen-bond donors (Lipinski definition) is 0. The fourth-order valence-electron chi connectivity index (χ4n) is 5.99. The summed E-state index contributed by atoms with van der Waals surface area (Å²) in [6.45, 7) is 10.2. The topological polar surface area (TPSA) is 99.2 Å². The van der Waals surface area contributed by atoms with Crippen LogP contribution in [0, 0.1) is 16.7 Å². The van der Waals surface area contributed by atoms with E-state index in [0.29, 0.717) is 0 Å². The molecule has 188 valence electrons. The number of amides is 2. The van der Waals surface area contributed by atoms with Crippen LogP contribution >= 0.6 is 0 Å². The maximum Gasteiger partial charge on any atom is 0.534 e. The van der Waals surface area contributed by atoms with Gasteiger partial charge in [-0.1, -0.05) is 19.1 Å². The quantitative estimate of drug-likeness (QED) is 0.321. The average molecular weight is 506 g/mol. The SMILES string of the molecule is C=CC[C@]12C(OS(=O)(=O)C(F)(F)F)=CCC[C@H]3C(=O)N(C(=O)OC(C)(C)C)[C@@]4(C=CC1O4)[C@@]32C. The molecule has 2 saturated heterocycles. The normalized spacial score (nSPS) is 36.7. The molecule has 3 aliphatic heterocycles. The summed E-state index contributed by atoms with van der Waals surface area (Å²) in [7, 11) is -6.01. The number of imide groups is 1. The van der Waals surface area contributed by atoms with E-state index < -0.39 is 67.6 Å². The number of likely N-dealkylation sites (tertiary alicyclic amines) is 1. The van der Waals surface area contributed by atoms with Crippen molar-refractivity contribution < 1.29 is 44.8 Å². The van der Waals surface area contributed by atoms with Gasteiger partial charge in [0, 0.05) is 5.41 Å². The fourth-order valence-corrected chi connectivity index (χ4v) is 6.53. The number of ether oxygens (including phenoxy) is 2. The minimum absolute atomic E-state index is 0.0541. The van der Waals surface area contributed by atoms with Gasteiger partial charge in [-0.25, -0.2) is 9.69 Å². The highest BCUT2D eigenvalue weighted by Gasteiger charge is 2.84. The lowest BCUT2D eigenvalue weighted by Gasteiger charge is -2.49. The van der Waals surface area contributed by atoms with Gasteiger partial charge < -0.3 is 13.7 Å². The van der Waals surface area contributed by atoms with Gasteiger partial charge in [0.05, 0.1) is 17.4 Å². The molecule has 2 fully saturated rings. The van der Waals surface area contributed by atoms with Crippen molar-refractivity contribution in [3.8, 4) is 0 Å². The lowest BCUT2D eigenvalue weighted by molar-refractivity contribution is -0.144. The molecular weight excluding hydrogens is 479 g/mol. The largest absolute Gasteiger partial charge is 0.534 e. The third kappa shape index (κ3) is 2.90. The molecule has 4 aliphatic rings. The second-order valence-corrected chi connectivity index (χ2v) is 11.6. The molecule has 34 heavy (non-hydrogen) atoms. The molecule has 12 heteroatoms. The predicted molar refractivity (Wildman–Crippen MR) is 112 cm³/mol. The Bertz CT molecular complexity index is 1120. The fraction of sp³-hybridized carbons (Fsp3) is 0.636. The Morgan fingerprint density at radius 2 is 2.00 bits per heavy atom. The number of halogens is 3. The summed E-state index contributed by atoms with van der Waals surface area (Å²) >= 11 is 0. The average Bonchev–Trinajstić information content (AvgIpc) is 3.20. The summed E-state index contributed by atoms with van der Waals surface area (Å²) in [5, 5.41) is 0. The number of allylic oxidation sites excluding steroid dienone is 2. The van der Waals surface area contributed by atoms with E-state index in [0.717, 1.165) is 4.90 Å². The third-order valence-corrected chi connectivity index (χ3v) is 8.22. The summed E-state index contributed by atoms with van der Waals surface area (Å²) in [5.74, 6) is -1.96. The van der Waals surface area contributed by atoms with Gasteiger partial charge in [0.25, 0.3) is 0 Å². The summed E-state index contributed by atoms with van der Waals surface area (Å²) < 4.78 is 80.2. The van der Waals surface area contributed by atoms with Crippen LogP contribution in [0.25, 0.3) is 0 Å². The van der Waals surface area contributed by atoms with Gasteiger partial charge in [-0.05, 0) is 52.2 Å².